The van der Waals surface area contributed by atoms with Crippen LogP contribution < -0.4 is 9.80 Å². The van der Waals surface area contributed by atoms with E-state index in [1.54, 1.807) is 0 Å². The molecular formula is C54H36N6. The Morgan fingerprint density at radius 1 is 0.267 bits per heavy atom. The molecule has 9 aromatic rings. The number of nitriles is 2. The van der Waals surface area contributed by atoms with Gasteiger partial charge >= 0.3 is 0 Å². The monoisotopic (exact) mass is 768 g/mol. The number of hydrogen-bond acceptors (Lipinski definition) is 6. The zero-order chi connectivity index (χ0) is 40.7. The van der Waals surface area contributed by atoms with Gasteiger partial charge in [-0.05, 0) is 95.1 Å². The lowest BCUT2D eigenvalue weighted by atomic mass is 9.98. The molecule has 1 aromatic heterocycles. The van der Waals surface area contributed by atoms with Crippen molar-refractivity contribution in [3.8, 4) is 56.9 Å². The Balaban J connectivity index is 0.995. The fourth-order valence-corrected chi connectivity index (χ4v) is 7.44. The topological polar surface area (TPSA) is 79.8 Å². The van der Waals surface area contributed by atoms with E-state index < -0.39 is 0 Å². The molecular weight excluding hydrogens is 733 g/mol. The van der Waals surface area contributed by atoms with Crippen LogP contribution in [0.1, 0.15) is 11.4 Å². The molecule has 8 aromatic carbocycles. The van der Waals surface area contributed by atoms with E-state index in [1.807, 2.05) is 97.1 Å². The first kappa shape index (κ1) is 37.0. The number of para-hydroxylation sites is 4. The van der Waals surface area contributed by atoms with Gasteiger partial charge in [-0.25, -0.2) is 9.97 Å². The van der Waals surface area contributed by atoms with Crippen molar-refractivity contribution in [3.05, 3.63) is 230 Å². The molecule has 0 aliphatic heterocycles. The summed E-state index contributed by atoms with van der Waals surface area (Å²) in [5.74, 6) is 0. The van der Waals surface area contributed by atoms with Crippen molar-refractivity contribution in [2.24, 2.45) is 0 Å². The Labute approximate surface area is 349 Å². The molecule has 0 aliphatic carbocycles. The third-order valence-electron chi connectivity index (χ3n) is 10.4. The summed E-state index contributed by atoms with van der Waals surface area (Å²) in [6.45, 7) is 0. The fourth-order valence-electron chi connectivity index (χ4n) is 7.44. The number of benzene rings is 8. The zero-order valence-electron chi connectivity index (χ0n) is 32.5. The second kappa shape index (κ2) is 16.9. The summed E-state index contributed by atoms with van der Waals surface area (Å²) in [5, 5.41) is 19.8. The van der Waals surface area contributed by atoms with Crippen molar-refractivity contribution in [1.29, 1.82) is 10.5 Å². The van der Waals surface area contributed by atoms with Crippen molar-refractivity contribution in [1.82, 2.24) is 9.97 Å². The SMILES string of the molecule is N#Cc1nc(-c2ccc(-c3ccc(N(c4ccccc4)c4ccccc4)cc3)cc2)c(-c2ccc(-c3ccc(N(c4ccccc4)c4ccccc4)cc3)cc2)nc1C#N. The molecule has 6 nitrogen and oxygen atoms in total. The van der Waals surface area contributed by atoms with Gasteiger partial charge in [0, 0.05) is 45.3 Å². The van der Waals surface area contributed by atoms with Crippen LogP contribution in [0.3, 0.4) is 0 Å². The number of aromatic nitrogens is 2. The second-order valence-corrected chi connectivity index (χ2v) is 14.1. The fraction of sp³-hybridized carbons (Fsp3) is 0. The predicted molar refractivity (Wildman–Crippen MR) is 243 cm³/mol. The highest BCUT2D eigenvalue weighted by Gasteiger charge is 2.18. The van der Waals surface area contributed by atoms with Gasteiger partial charge in [0.2, 0.25) is 0 Å². The van der Waals surface area contributed by atoms with Crippen molar-refractivity contribution in [2.45, 2.75) is 0 Å². The molecule has 0 unspecified atom stereocenters. The van der Waals surface area contributed by atoms with E-state index >= 15 is 0 Å². The predicted octanol–water partition coefficient (Wildman–Crippen LogP) is 13.8. The summed E-state index contributed by atoms with van der Waals surface area (Å²) in [4.78, 5) is 13.9. The van der Waals surface area contributed by atoms with Crippen LogP contribution in [0.4, 0.5) is 34.1 Å². The van der Waals surface area contributed by atoms with Gasteiger partial charge in [-0.2, -0.15) is 10.5 Å². The van der Waals surface area contributed by atoms with Crippen LogP contribution in [0.5, 0.6) is 0 Å². The minimum absolute atomic E-state index is 0.00550. The van der Waals surface area contributed by atoms with Gasteiger partial charge in [0.15, 0.2) is 11.4 Å². The second-order valence-electron chi connectivity index (χ2n) is 14.1. The van der Waals surface area contributed by atoms with E-state index in [1.165, 1.54) is 0 Å². The molecule has 0 aliphatic rings. The van der Waals surface area contributed by atoms with Crippen molar-refractivity contribution in [2.75, 3.05) is 9.80 Å². The van der Waals surface area contributed by atoms with E-state index in [0.29, 0.717) is 11.4 Å². The first-order valence-corrected chi connectivity index (χ1v) is 19.6. The quantitative estimate of drug-likeness (QED) is 0.138. The highest BCUT2D eigenvalue weighted by atomic mass is 15.1. The van der Waals surface area contributed by atoms with E-state index in [0.717, 1.165) is 67.5 Å². The Morgan fingerprint density at radius 2 is 0.483 bits per heavy atom. The third kappa shape index (κ3) is 7.61. The average Bonchev–Trinajstić information content (AvgIpc) is 3.33. The van der Waals surface area contributed by atoms with E-state index in [-0.39, 0.29) is 11.4 Å². The van der Waals surface area contributed by atoms with Crippen molar-refractivity contribution >= 4 is 34.1 Å². The van der Waals surface area contributed by atoms with Gasteiger partial charge in [0.1, 0.15) is 12.1 Å². The lowest BCUT2D eigenvalue weighted by Gasteiger charge is -2.25. The minimum Gasteiger partial charge on any atom is -0.311 e. The maximum Gasteiger partial charge on any atom is 0.177 e. The Bertz CT molecular complexity index is 2650. The summed E-state index contributed by atoms with van der Waals surface area (Å²) < 4.78 is 0. The number of rotatable bonds is 10. The first-order chi connectivity index (χ1) is 29.7. The molecule has 0 N–H and O–H groups in total. The summed E-state index contributed by atoms with van der Waals surface area (Å²) in [5.41, 5.74) is 13.2. The molecule has 9 rings (SSSR count). The molecule has 0 amide bonds. The normalized spacial score (nSPS) is 10.6. The van der Waals surface area contributed by atoms with Crippen LogP contribution in [0.2, 0.25) is 0 Å². The summed E-state index contributed by atoms with van der Waals surface area (Å²) in [6, 6.07) is 78.7. The standard InChI is InChI=1S/C54H36N6/c55-37-51-52(38-56)58-54(44-27-23-40(24-28-44)42-31-35-50(36-32-42)60(47-17-9-3-10-18-47)48-19-11-4-12-20-48)53(57-51)43-25-21-39(22-26-43)41-29-33-49(34-30-41)59(45-13-5-1-6-14-45)46-15-7-2-8-16-46/h1-36H. The van der Waals surface area contributed by atoms with Gasteiger partial charge < -0.3 is 9.80 Å². The molecule has 0 radical (unpaired) electrons. The van der Waals surface area contributed by atoms with E-state index in [9.17, 15) is 10.5 Å². The Morgan fingerprint density at radius 3 is 0.733 bits per heavy atom. The van der Waals surface area contributed by atoms with Crippen molar-refractivity contribution in [3.63, 3.8) is 0 Å². The molecule has 0 atom stereocenters. The molecule has 6 heteroatoms. The van der Waals surface area contributed by atoms with Crippen molar-refractivity contribution < 1.29 is 0 Å². The highest BCUT2D eigenvalue weighted by Crippen LogP contribution is 2.38. The smallest absolute Gasteiger partial charge is 0.177 e. The van der Waals surface area contributed by atoms with Crippen LogP contribution >= 0.6 is 0 Å². The average molecular weight is 769 g/mol. The van der Waals surface area contributed by atoms with Crippen LogP contribution in [0.15, 0.2) is 218 Å². The van der Waals surface area contributed by atoms with Crippen LogP contribution in [0, 0.1) is 22.7 Å². The summed E-state index contributed by atoms with van der Waals surface area (Å²) in [7, 11) is 0. The van der Waals surface area contributed by atoms with Crippen LogP contribution in [0.25, 0.3) is 44.8 Å². The lowest BCUT2D eigenvalue weighted by Crippen LogP contribution is -2.09. The number of hydrogen-bond donors (Lipinski definition) is 0. The van der Waals surface area contributed by atoms with Gasteiger partial charge in [0.25, 0.3) is 0 Å². The third-order valence-corrected chi connectivity index (χ3v) is 10.4. The molecule has 1 heterocycles. The summed E-state index contributed by atoms with van der Waals surface area (Å²) in [6.07, 6.45) is 0. The Hall–Kier alpha value is -8.58. The molecule has 0 fully saturated rings. The lowest BCUT2D eigenvalue weighted by molar-refractivity contribution is 1.14. The zero-order valence-corrected chi connectivity index (χ0v) is 32.5. The first-order valence-electron chi connectivity index (χ1n) is 19.6. The minimum atomic E-state index is -0.00550. The molecule has 0 spiro atoms. The largest absolute Gasteiger partial charge is 0.311 e. The highest BCUT2D eigenvalue weighted by molar-refractivity contribution is 5.83. The Kier molecular flexibility index (Phi) is 10.4. The van der Waals surface area contributed by atoms with Gasteiger partial charge in [-0.1, -0.05) is 146 Å². The van der Waals surface area contributed by atoms with E-state index in [4.69, 9.17) is 9.97 Å². The van der Waals surface area contributed by atoms with Crippen LogP contribution in [-0.4, -0.2) is 9.97 Å². The summed E-state index contributed by atoms with van der Waals surface area (Å²) >= 11 is 0. The van der Waals surface area contributed by atoms with Crippen LogP contribution in [-0.2, 0) is 0 Å². The van der Waals surface area contributed by atoms with Gasteiger partial charge in [0.05, 0.1) is 11.4 Å². The van der Waals surface area contributed by atoms with Gasteiger partial charge in [-0.15, -0.1) is 0 Å². The number of anilines is 6. The van der Waals surface area contributed by atoms with Gasteiger partial charge in [-0.3, -0.25) is 0 Å². The molecule has 60 heavy (non-hydrogen) atoms. The molecule has 0 bridgehead atoms. The number of nitrogens with zero attached hydrogens (tertiary/aromatic N) is 6. The molecule has 0 saturated carbocycles. The maximum atomic E-state index is 9.92. The maximum absolute atomic E-state index is 9.92. The van der Waals surface area contributed by atoms with E-state index in [2.05, 4.69) is 143 Å². The molecule has 282 valence electrons. The molecule has 0 saturated heterocycles.